The van der Waals surface area contributed by atoms with Gasteiger partial charge in [0.1, 0.15) is 10.9 Å². The maximum atomic E-state index is 9.49. The van der Waals surface area contributed by atoms with Gasteiger partial charge in [0.25, 0.3) is 0 Å². The molecule has 2 heterocycles. The maximum Gasteiger partial charge on any atom is 0.137 e. The molecule has 90 valence electrons. The number of hydrogen-bond donors (Lipinski definition) is 2. The van der Waals surface area contributed by atoms with Gasteiger partial charge in [-0.15, -0.1) is 0 Å². The van der Waals surface area contributed by atoms with E-state index >= 15 is 0 Å². The van der Waals surface area contributed by atoms with Crippen molar-refractivity contribution in [1.82, 2.24) is 15.2 Å². The fraction of sp³-hybridized carbons (Fsp3) is 0.0769. The van der Waals surface area contributed by atoms with E-state index in [0.717, 1.165) is 22.2 Å². The Labute approximate surface area is 108 Å². The highest BCUT2D eigenvalue weighted by Crippen LogP contribution is 2.31. The summed E-state index contributed by atoms with van der Waals surface area (Å²) in [6.45, 7) is 1.94. The molecule has 0 unspecified atom stereocenters. The van der Waals surface area contributed by atoms with Crippen molar-refractivity contribution in [3.63, 3.8) is 0 Å². The Hall–Kier alpha value is -2.07. The Morgan fingerprint density at radius 3 is 2.94 bits per heavy atom. The Morgan fingerprint density at radius 1 is 1.28 bits per heavy atom. The van der Waals surface area contributed by atoms with Gasteiger partial charge in [0, 0.05) is 10.9 Å². The third-order valence-electron chi connectivity index (χ3n) is 2.89. The number of aromatic amines is 1. The van der Waals surface area contributed by atoms with Gasteiger partial charge in [-0.3, -0.25) is 5.10 Å². The number of nitrogens with one attached hydrogen (secondary N) is 1. The average molecular weight is 260 g/mol. The van der Waals surface area contributed by atoms with Crippen molar-refractivity contribution >= 4 is 22.5 Å². The lowest BCUT2D eigenvalue weighted by molar-refractivity contribution is 0.473. The second-order valence-electron chi connectivity index (χ2n) is 4.10. The highest BCUT2D eigenvalue weighted by atomic mass is 35.5. The van der Waals surface area contributed by atoms with E-state index in [9.17, 15) is 5.11 Å². The van der Waals surface area contributed by atoms with Crippen molar-refractivity contribution in [2.75, 3.05) is 0 Å². The van der Waals surface area contributed by atoms with E-state index in [1.807, 2.05) is 25.1 Å². The predicted octanol–water partition coefficient (Wildman–Crippen LogP) is 3.29. The van der Waals surface area contributed by atoms with Crippen LogP contribution in [0.5, 0.6) is 5.75 Å². The summed E-state index contributed by atoms with van der Waals surface area (Å²) in [5.41, 5.74) is 3.51. The molecule has 2 N–H and O–H groups in total. The zero-order valence-electron chi connectivity index (χ0n) is 9.61. The van der Waals surface area contributed by atoms with Gasteiger partial charge in [0.05, 0.1) is 17.4 Å². The highest BCUT2D eigenvalue weighted by Gasteiger charge is 2.08. The van der Waals surface area contributed by atoms with Gasteiger partial charge in [-0.1, -0.05) is 17.7 Å². The number of fused-ring (bicyclic) bond motifs is 1. The van der Waals surface area contributed by atoms with Crippen LogP contribution in [0.15, 0.2) is 30.5 Å². The molecule has 2 aromatic heterocycles. The second kappa shape index (κ2) is 3.99. The molecular formula is C13H10ClN3O. The summed E-state index contributed by atoms with van der Waals surface area (Å²) in [5.74, 6) is 0.0958. The standard InChI is InChI=1S/C13H10ClN3O/c1-7-10-4-8(2-3-12(10)17-16-7)11-5-9(18)6-15-13(11)14/h2-6,18H,1H3,(H,16,17). The molecule has 0 fully saturated rings. The Bertz CT molecular complexity index is 736. The topological polar surface area (TPSA) is 61.8 Å². The predicted molar refractivity (Wildman–Crippen MR) is 70.7 cm³/mol. The normalized spacial score (nSPS) is 11.0. The smallest absolute Gasteiger partial charge is 0.137 e. The van der Waals surface area contributed by atoms with Crippen molar-refractivity contribution in [3.8, 4) is 16.9 Å². The second-order valence-corrected chi connectivity index (χ2v) is 4.46. The van der Waals surface area contributed by atoms with Gasteiger partial charge in [0.2, 0.25) is 0 Å². The Kier molecular flexibility index (Phi) is 2.45. The molecule has 4 nitrogen and oxygen atoms in total. The highest BCUT2D eigenvalue weighted by molar-refractivity contribution is 6.32. The number of hydrogen-bond acceptors (Lipinski definition) is 3. The minimum absolute atomic E-state index is 0.0958. The van der Waals surface area contributed by atoms with Crippen LogP contribution in [-0.2, 0) is 0 Å². The summed E-state index contributed by atoms with van der Waals surface area (Å²) in [5, 5.41) is 18.0. The molecule has 0 saturated heterocycles. The van der Waals surface area contributed by atoms with Crippen molar-refractivity contribution < 1.29 is 5.11 Å². The summed E-state index contributed by atoms with van der Waals surface area (Å²) in [6, 6.07) is 7.44. The number of nitrogens with zero attached hydrogens (tertiary/aromatic N) is 2. The zero-order valence-corrected chi connectivity index (χ0v) is 10.4. The molecule has 0 aliphatic carbocycles. The van der Waals surface area contributed by atoms with Gasteiger partial charge >= 0.3 is 0 Å². The first-order valence-corrected chi connectivity index (χ1v) is 5.82. The van der Waals surface area contributed by atoms with E-state index in [1.165, 1.54) is 6.20 Å². The molecule has 0 amide bonds. The molecule has 0 aliphatic heterocycles. The molecule has 0 radical (unpaired) electrons. The first kappa shape index (κ1) is 11.0. The monoisotopic (exact) mass is 259 g/mol. The number of aromatic nitrogens is 3. The molecule has 18 heavy (non-hydrogen) atoms. The van der Waals surface area contributed by atoms with Crippen LogP contribution in [0.1, 0.15) is 5.69 Å². The molecule has 3 aromatic rings. The first-order valence-electron chi connectivity index (χ1n) is 5.45. The SMILES string of the molecule is Cc1n[nH]c2ccc(-c3cc(O)cnc3Cl)cc12. The fourth-order valence-electron chi connectivity index (χ4n) is 1.95. The number of aryl methyl sites for hydroxylation is 1. The zero-order chi connectivity index (χ0) is 12.7. The van der Waals surface area contributed by atoms with E-state index in [2.05, 4.69) is 15.2 Å². The average Bonchev–Trinajstić information content (AvgIpc) is 2.74. The number of halogens is 1. The number of rotatable bonds is 1. The summed E-state index contributed by atoms with van der Waals surface area (Å²) in [7, 11) is 0. The van der Waals surface area contributed by atoms with Crippen LogP contribution < -0.4 is 0 Å². The van der Waals surface area contributed by atoms with Gasteiger partial charge in [-0.05, 0) is 30.7 Å². The van der Waals surface area contributed by atoms with E-state index in [0.29, 0.717) is 10.7 Å². The lowest BCUT2D eigenvalue weighted by Gasteiger charge is -2.04. The summed E-state index contributed by atoms with van der Waals surface area (Å²) in [6.07, 6.45) is 1.33. The van der Waals surface area contributed by atoms with Crippen LogP contribution >= 0.6 is 11.6 Å². The molecule has 0 bridgehead atoms. The lowest BCUT2D eigenvalue weighted by Crippen LogP contribution is -1.83. The molecular weight excluding hydrogens is 250 g/mol. The molecule has 0 spiro atoms. The van der Waals surface area contributed by atoms with Gasteiger partial charge in [-0.2, -0.15) is 5.10 Å². The largest absolute Gasteiger partial charge is 0.506 e. The van der Waals surface area contributed by atoms with Gasteiger partial charge in [-0.25, -0.2) is 4.98 Å². The number of pyridine rings is 1. The fourth-order valence-corrected chi connectivity index (χ4v) is 2.16. The van der Waals surface area contributed by atoms with E-state index < -0.39 is 0 Å². The molecule has 0 atom stereocenters. The molecule has 5 heteroatoms. The summed E-state index contributed by atoms with van der Waals surface area (Å²) in [4.78, 5) is 3.94. The number of H-pyrrole nitrogens is 1. The minimum Gasteiger partial charge on any atom is -0.506 e. The number of benzene rings is 1. The van der Waals surface area contributed by atoms with Gasteiger partial charge in [0.15, 0.2) is 0 Å². The van der Waals surface area contributed by atoms with Crippen molar-refractivity contribution in [1.29, 1.82) is 0 Å². The van der Waals surface area contributed by atoms with Crippen LogP contribution in [0.4, 0.5) is 0 Å². The van der Waals surface area contributed by atoms with E-state index in [-0.39, 0.29) is 5.75 Å². The Balaban J connectivity index is 2.24. The molecule has 0 aliphatic rings. The van der Waals surface area contributed by atoms with Crippen molar-refractivity contribution in [3.05, 3.63) is 41.3 Å². The molecule has 1 aromatic carbocycles. The Morgan fingerprint density at radius 2 is 2.11 bits per heavy atom. The van der Waals surface area contributed by atoms with Gasteiger partial charge < -0.3 is 5.11 Å². The van der Waals surface area contributed by atoms with E-state index in [1.54, 1.807) is 6.07 Å². The van der Waals surface area contributed by atoms with Crippen LogP contribution in [-0.4, -0.2) is 20.3 Å². The summed E-state index contributed by atoms with van der Waals surface area (Å²) >= 11 is 6.05. The van der Waals surface area contributed by atoms with Crippen LogP contribution in [0, 0.1) is 6.92 Å². The molecule has 0 saturated carbocycles. The first-order chi connectivity index (χ1) is 8.65. The summed E-state index contributed by atoms with van der Waals surface area (Å²) < 4.78 is 0. The molecule has 3 rings (SSSR count). The van der Waals surface area contributed by atoms with Crippen LogP contribution in [0.2, 0.25) is 5.15 Å². The maximum absolute atomic E-state index is 9.49. The number of aromatic hydroxyl groups is 1. The third kappa shape index (κ3) is 1.71. The lowest BCUT2D eigenvalue weighted by atomic mass is 10.0. The van der Waals surface area contributed by atoms with Crippen molar-refractivity contribution in [2.45, 2.75) is 6.92 Å². The minimum atomic E-state index is 0.0958. The van der Waals surface area contributed by atoms with Crippen LogP contribution in [0.3, 0.4) is 0 Å². The van der Waals surface area contributed by atoms with E-state index in [4.69, 9.17) is 11.6 Å². The quantitative estimate of drug-likeness (QED) is 0.659. The third-order valence-corrected chi connectivity index (χ3v) is 3.19. The van der Waals surface area contributed by atoms with Crippen molar-refractivity contribution in [2.24, 2.45) is 0 Å². The van der Waals surface area contributed by atoms with Crippen LogP contribution in [0.25, 0.3) is 22.0 Å².